The molecule has 0 radical (unpaired) electrons. The Morgan fingerprint density at radius 1 is 1.10 bits per heavy atom. The Labute approximate surface area is 118 Å². The zero-order valence-electron chi connectivity index (χ0n) is 11.8. The second-order valence-corrected chi connectivity index (χ2v) is 4.94. The maximum absolute atomic E-state index is 4.56. The number of hydrogen-bond acceptors (Lipinski definition) is 3. The molecule has 20 heavy (non-hydrogen) atoms. The van der Waals surface area contributed by atoms with E-state index in [1.807, 2.05) is 30.5 Å². The molecule has 4 nitrogen and oxygen atoms in total. The van der Waals surface area contributed by atoms with E-state index in [4.69, 9.17) is 0 Å². The van der Waals surface area contributed by atoms with Crippen LogP contribution in [-0.4, -0.2) is 14.4 Å². The normalized spacial score (nSPS) is 11.1. The summed E-state index contributed by atoms with van der Waals surface area (Å²) in [5.41, 5.74) is 5.58. The van der Waals surface area contributed by atoms with Gasteiger partial charge in [0.05, 0.1) is 17.1 Å². The quantitative estimate of drug-likeness (QED) is 0.789. The van der Waals surface area contributed by atoms with Gasteiger partial charge in [-0.1, -0.05) is 12.1 Å². The molecule has 1 N–H and O–H groups in total. The van der Waals surface area contributed by atoms with E-state index in [0.717, 1.165) is 30.1 Å². The summed E-state index contributed by atoms with van der Waals surface area (Å²) in [6.45, 7) is 5.69. The summed E-state index contributed by atoms with van der Waals surface area (Å²) in [4.78, 5) is 8.96. The summed E-state index contributed by atoms with van der Waals surface area (Å²) >= 11 is 0. The van der Waals surface area contributed by atoms with Gasteiger partial charge in [0.15, 0.2) is 0 Å². The maximum Gasteiger partial charge on any atom is 0.137 e. The molecule has 0 atom stereocenters. The smallest absolute Gasteiger partial charge is 0.137 e. The van der Waals surface area contributed by atoms with Crippen molar-refractivity contribution in [1.82, 2.24) is 19.7 Å². The van der Waals surface area contributed by atoms with Crippen LogP contribution in [0.15, 0.2) is 42.7 Å². The van der Waals surface area contributed by atoms with Crippen molar-refractivity contribution >= 4 is 5.65 Å². The summed E-state index contributed by atoms with van der Waals surface area (Å²) < 4.78 is 2.13. The molecule has 0 aromatic carbocycles. The van der Waals surface area contributed by atoms with Crippen molar-refractivity contribution < 1.29 is 0 Å². The lowest BCUT2D eigenvalue weighted by molar-refractivity contribution is 0.657. The number of aryl methyl sites for hydroxylation is 2. The van der Waals surface area contributed by atoms with Crippen LogP contribution in [0.3, 0.4) is 0 Å². The molecule has 3 heterocycles. The first-order chi connectivity index (χ1) is 9.75. The summed E-state index contributed by atoms with van der Waals surface area (Å²) in [6, 6.07) is 10.1. The molecule has 3 aromatic rings. The van der Waals surface area contributed by atoms with Gasteiger partial charge in [-0.2, -0.15) is 0 Å². The van der Waals surface area contributed by atoms with Crippen molar-refractivity contribution in [3.63, 3.8) is 0 Å². The molecule has 0 fully saturated rings. The maximum atomic E-state index is 4.56. The fraction of sp³-hybridized carbons (Fsp3) is 0.250. The Bertz CT molecular complexity index is 730. The molecule has 0 aliphatic heterocycles. The highest BCUT2D eigenvalue weighted by Crippen LogP contribution is 2.11. The number of rotatable bonds is 4. The van der Waals surface area contributed by atoms with Crippen molar-refractivity contribution in [3.8, 4) is 0 Å². The third kappa shape index (κ3) is 2.42. The van der Waals surface area contributed by atoms with Gasteiger partial charge in [-0.25, -0.2) is 4.98 Å². The van der Waals surface area contributed by atoms with Gasteiger partial charge in [0.1, 0.15) is 5.65 Å². The van der Waals surface area contributed by atoms with Gasteiger partial charge in [-0.05, 0) is 37.6 Å². The minimum atomic E-state index is 0.770. The van der Waals surface area contributed by atoms with Crippen LogP contribution in [0.2, 0.25) is 0 Å². The van der Waals surface area contributed by atoms with Gasteiger partial charge in [-0.15, -0.1) is 0 Å². The zero-order chi connectivity index (χ0) is 13.9. The van der Waals surface area contributed by atoms with E-state index in [2.05, 4.69) is 45.8 Å². The van der Waals surface area contributed by atoms with E-state index in [1.54, 1.807) is 0 Å². The van der Waals surface area contributed by atoms with Gasteiger partial charge < -0.3 is 9.72 Å². The van der Waals surface area contributed by atoms with Crippen LogP contribution >= 0.6 is 0 Å². The Kier molecular flexibility index (Phi) is 3.48. The molecular weight excluding hydrogens is 248 g/mol. The first-order valence-electron chi connectivity index (χ1n) is 6.79. The number of pyridine rings is 2. The lowest BCUT2D eigenvalue weighted by Crippen LogP contribution is -2.16. The third-order valence-corrected chi connectivity index (χ3v) is 3.53. The topological polar surface area (TPSA) is 42.2 Å². The molecular formula is C16H18N4. The van der Waals surface area contributed by atoms with Crippen LogP contribution in [0.4, 0.5) is 0 Å². The van der Waals surface area contributed by atoms with Crippen LogP contribution in [0.5, 0.6) is 0 Å². The van der Waals surface area contributed by atoms with Crippen molar-refractivity contribution in [1.29, 1.82) is 0 Å². The van der Waals surface area contributed by atoms with Crippen LogP contribution in [0, 0.1) is 13.8 Å². The molecule has 0 amide bonds. The Morgan fingerprint density at radius 2 is 2.00 bits per heavy atom. The largest absolute Gasteiger partial charge is 0.305 e. The molecule has 0 aliphatic carbocycles. The number of imidazole rings is 1. The predicted octanol–water partition coefficient (Wildman–Crippen LogP) is 2.64. The van der Waals surface area contributed by atoms with Gasteiger partial charge >= 0.3 is 0 Å². The molecule has 0 aliphatic rings. The SMILES string of the molecule is Cc1cccnc1CNCc1c(C)nc2ccccn12. The molecule has 3 rings (SSSR count). The van der Waals surface area contributed by atoms with Crippen LogP contribution in [-0.2, 0) is 13.1 Å². The van der Waals surface area contributed by atoms with E-state index in [-0.39, 0.29) is 0 Å². The lowest BCUT2D eigenvalue weighted by atomic mass is 10.2. The first-order valence-corrected chi connectivity index (χ1v) is 6.79. The van der Waals surface area contributed by atoms with Gasteiger partial charge in [0, 0.05) is 25.5 Å². The minimum absolute atomic E-state index is 0.770. The average Bonchev–Trinajstić information content (AvgIpc) is 2.77. The van der Waals surface area contributed by atoms with Gasteiger partial charge in [-0.3, -0.25) is 4.98 Å². The number of fused-ring (bicyclic) bond motifs is 1. The van der Waals surface area contributed by atoms with E-state index >= 15 is 0 Å². The third-order valence-electron chi connectivity index (χ3n) is 3.53. The Morgan fingerprint density at radius 3 is 2.85 bits per heavy atom. The Balaban J connectivity index is 1.74. The zero-order valence-corrected chi connectivity index (χ0v) is 11.8. The highest BCUT2D eigenvalue weighted by Gasteiger charge is 2.07. The van der Waals surface area contributed by atoms with Gasteiger partial charge in [0.2, 0.25) is 0 Å². The number of hydrogen-bond donors (Lipinski definition) is 1. The molecule has 4 heteroatoms. The predicted molar refractivity (Wildman–Crippen MR) is 79.4 cm³/mol. The van der Waals surface area contributed by atoms with Crippen LogP contribution in [0.25, 0.3) is 5.65 Å². The standard InChI is InChI=1S/C16H18N4/c1-12-6-5-8-18-14(12)10-17-11-15-13(2)19-16-7-3-4-9-20(15)16/h3-9,17H,10-11H2,1-2H3. The van der Waals surface area contributed by atoms with E-state index in [1.165, 1.54) is 11.3 Å². The number of aromatic nitrogens is 3. The molecule has 0 unspecified atom stereocenters. The van der Waals surface area contributed by atoms with Crippen LogP contribution < -0.4 is 5.32 Å². The highest BCUT2D eigenvalue weighted by atomic mass is 15.0. The summed E-state index contributed by atoms with van der Waals surface area (Å²) in [5.74, 6) is 0. The molecule has 0 saturated carbocycles. The molecule has 3 aromatic heterocycles. The monoisotopic (exact) mass is 266 g/mol. The second kappa shape index (κ2) is 5.43. The molecule has 102 valence electrons. The van der Waals surface area contributed by atoms with Crippen LogP contribution in [0.1, 0.15) is 22.6 Å². The van der Waals surface area contributed by atoms with E-state index in [0.29, 0.717) is 0 Å². The summed E-state index contributed by atoms with van der Waals surface area (Å²) in [7, 11) is 0. The fourth-order valence-corrected chi connectivity index (χ4v) is 2.38. The van der Waals surface area contributed by atoms with E-state index in [9.17, 15) is 0 Å². The molecule has 0 bridgehead atoms. The second-order valence-electron chi connectivity index (χ2n) is 4.94. The minimum Gasteiger partial charge on any atom is -0.305 e. The van der Waals surface area contributed by atoms with Crippen molar-refractivity contribution in [2.75, 3.05) is 0 Å². The number of nitrogens with zero attached hydrogens (tertiary/aromatic N) is 3. The van der Waals surface area contributed by atoms with Crippen molar-refractivity contribution in [2.24, 2.45) is 0 Å². The fourth-order valence-electron chi connectivity index (χ4n) is 2.38. The Hall–Kier alpha value is -2.20. The average molecular weight is 266 g/mol. The molecule has 0 saturated heterocycles. The number of nitrogens with one attached hydrogen (secondary N) is 1. The highest BCUT2D eigenvalue weighted by molar-refractivity contribution is 5.42. The van der Waals surface area contributed by atoms with E-state index < -0.39 is 0 Å². The first kappa shape index (κ1) is 12.8. The lowest BCUT2D eigenvalue weighted by Gasteiger charge is -2.07. The van der Waals surface area contributed by atoms with Gasteiger partial charge in [0.25, 0.3) is 0 Å². The van der Waals surface area contributed by atoms with Crippen molar-refractivity contribution in [2.45, 2.75) is 26.9 Å². The molecule has 0 spiro atoms. The summed E-state index contributed by atoms with van der Waals surface area (Å²) in [5, 5.41) is 3.45. The van der Waals surface area contributed by atoms with Crippen molar-refractivity contribution in [3.05, 3.63) is 65.4 Å². The summed E-state index contributed by atoms with van der Waals surface area (Å²) in [6.07, 6.45) is 3.89.